The monoisotopic (exact) mass is 199 g/mol. The summed E-state index contributed by atoms with van der Waals surface area (Å²) in [4.78, 5) is 20.4. The molecule has 0 radical (unpaired) electrons. The van der Waals surface area contributed by atoms with Crippen molar-refractivity contribution in [1.82, 2.24) is 5.32 Å². The van der Waals surface area contributed by atoms with Crippen molar-refractivity contribution in [2.75, 3.05) is 0 Å². The van der Waals surface area contributed by atoms with Crippen LogP contribution in [0.2, 0.25) is 0 Å². The van der Waals surface area contributed by atoms with Crippen LogP contribution in [0.3, 0.4) is 0 Å². The molecular weight excluding hydrogens is 185 g/mol. The summed E-state index contributed by atoms with van der Waals surface area (Å²) in [6.07, 6.45) is 1.16. The predicted octanol–water partition coefficient (Wildman–Crippen LogP) is -2.65. The summed E-state index contributed by atoms with van der Waals surface area (Å²) in [7, 11) is 0. The van der Waals surface area contributed by atoms with Gasteiger partial charge in [0.1, 0.15) is 6.04 Å². The van der Waals surface area contributed by atoms with Crippen molar-refractivity contribution >= 4 is 12.4 Å². The maximum atomic E-state index is 10.5. The maximum Gasteiger partial charge on any atom is 1.00 e. The first-order valence-electron chi connectivity index (χ1n) is 3.56. The van der Waals surface area contributed by atoms with E-state index in [0.29, 0.717) is 6.41 Å². The van der Waals surface area contributed by atoms with E-state index in [9.17, 15) is 9.59 Å². The molecule has 0 aliphatic heterocycles. The molecule has 0 bridgehead atoms. The van der Waals surface area contributed by atoms with Gasteiger partial charge < -0.3 is 11.8 Å². The van der Waals surface area contributed by atoms with E-state index in [1.165, 1.54) is 0 Å². The number of amides is 1. The molecule has 0 aromatic rings. The molecule has 0 spiro atoms. The third kappa shape index (κ3) is 5.26. The minimum Gasteiger partial charge on any atom is -1.00 e. The average molecular weight is 199 g/mol. The van der Waals surface area contributed by atoms with Crippen molar-refractivity contribution in [1.29, 1.82) is 0 Å². The Labute approximate surface area is 116 Å². The number of carbonyl (C=O) groups excluding carboxylic acids is 1. The smallest absolute Gasteiger partial charge is 1.00 e. The molecule has 0 aromatic carbocycles. The summed E-state index contributed by atoms with van der Waals surface area (Å²) in [5, 5.41) is 10.8. The van der Waals surface area contributed by atoms with Gasteiger partial charge >= 0.3 is 57.4 Å². The maximum absolute atomic E-state index is 10.5. The molecule has 0 aliphatic rings. The van der Waals surface area contributed by atoms with Gasteiger partial charge in [0.05, 0.1) is 0 Å². The largest absolute Gasteiger partial charge is 1.00 e. The number of aliphatic carboxylic acids is 1. The van der Waals surface area contributed by atoms with Gasteiger partial charge in [0.15, 0.2) is 0 Å². The Morgan fingerprint density at radius 1 is 1.75 bits per heavy atom. The van der Waals surface area contributed by atoms with Gasteiger partial charge in [-0.05, 0) is 5.92 Å². The molecule has 0 aromatic heterocycles. The van der Waals surface area contributed by atoms with Gasteiger partial charge in [0, 0.05) is 0 Å². The van der Waals surface area contributed by atoms with Crippen LogP contribution in [0.25, 0.3) is 0 Å². The fraction of sp³-hybridized carbons (Fsp3) is 0.714. The molecule has 12 heavy (non-hydrogen) atoms. The second-order valence-corrected chi connectivity index (χ2v) is 2.49. The van der Waals surface area contributed by atoms with Crippen molar-refractivity contribution in [2.45, 2.75) is 26.3 Å². The standard InChI is InChI=1S/C7H13NO3.K.H/c1-3-5(2)6(7(10)11)8-4-9;;/h4-6H,3H2,1-2H3,(H,8,9)(H,10,11);;/q;+1;-1/t5-,6-;;/m0../s1. The first kappa shape index (κ1) is 15.1. The molecule has 1 amide bonds. The Balaban J connectivity index is -0.000000500. The van der Waals surface area contributed by atoms with Crippen LogP contribution in [-0.4, -0.2) is 23.5 Å². The van der Waals surface area contributed by atoms with Crippen molar-refractivity contribution in [3.63, 3.8) is 0 Å². The quantitative estimate of drug-likeness (QED) is 0.375. The molecule has 0 fully saturated rings. The summed E-state index contributed by atoms with van der Waals surface area (Å²) in [6.45, 7) is 3.67. The summed E-state index contributed by atoms with van der Waals surface area (Å²) in [5.74, 6) is -1.01. The zero-order valence-corrected chi connectivity index (χ0v) is 10.8. The second-order valence-electron chi connectivity index (χ2n) is 2.49. The fourth-order valence-electron chi connectivity index (χ4n) is 0.788. The molecule has 5 heteroatoms. The van der Waals surface area contributed by atoms with Gasteiger partial charge in [-0.25, -0.2) is 4.79 Å². The number of hydrogen-bond donors (Lipinski definition) is 2. The third-order valence-corrected chi connectivity index (χ3v) is 1.73. The Bertz CT molecular complexity index is 157. The Kier molecular flexibility index (Phi) is 10.3. The molecule has 0 saturated carbocycles. The summed E-state index contributed by atoms with van der Waals surface area (Å²) in [6, 6.07) is -0.752. The van der Waals surface area contributed by atoms with E-state index in [0.717, 1.165) is 6.42 Å². The number of rotatable bonds is 5. The van der Waals surface area contributed by atoms with Crippen LogP contribution in [0, 0.1) is 5.92 Å². The van der Waals surface area contributed by atoms with Crippen LogP contribution >= 0.6 is 0 Å². The molecule has 0 rings (SSSR count). The minimum absolute atomic E-state index is 0. The normalized spacial score (nSPS) is 13.8. The molecule has 0 unspecified atom stereocenters. The van der Waals surface area contributed by atoms with E-state index < -0.39 is 12.0 Å². The molecule has 0 saturated heterocycles. The van der Waals surface area contributed by atoms with Gasteiger partial charge in [0.25, 0.3) is 0 Å². The molecule has 4 nitrogen and oxygen atoms in total. The number of carboxylic acid groups (broad SMARTS) is 1. The molecule has 0 aliphatic carbocycles. The topological polar surface area (TPSA) is 66.4 Å². The van der Waals surface area contributed by atoms with Gasteiger partial charge in [-0.15, -0.1) is 0 Å². The first-order chi connectivity index (χ1) is 5.13. The molecule has 0 heterocycles. The average Bonchev–Trinajstić information content (AvgIpc) is 1.98. The van der Waals surface area contributed by atoms with Gasteiger partial charge in [-0.2, -0.15) is 0 Å². The van der Waals surface area contributed by atoms with Crippen LogP contribution in [-0.2, 0) is 9.59 Å². The van der Waals surface area contributed by atoms with Crippen LogP contribution in [0.15, 0.2) is 0 Å². The Morgan fingerprint density at radius 2 is 2.25 bits per heavy atom. The van der Waals surface area contributed by atoms with Crippen LogP contribution in [0.5, 0.6) is 0 Å². The first-order valence-corrected chi connectivity index (χ1v) is 3.56. The second kappa shape index (κ2) is 8.19. The Morgan fingerprint density at radius 3 is 2.50 bits per heavy atom. The number of carbonyl (C=O) groups is 2. The molecule has 2 N–H and O–H groups in total. The zero-order valence-electron chi connectivity index (χ0n) is 8.70. The number of nitrogens with one attached hydrogen (secondary N) is 1. The van der Waals surface area contributed by atoms with E-state index in [4.69, 9.17) is 5.11 Å². The van der Waals surface area contributed by atoms with Gasteiger partial charge in [0.2, 0.25) is 6.41 Å². The fourth-order valence-corrected chi connectivity index (χ4v) is 0.788. The molecular formula is C7H14KNO3. The van der Waals surface area contributed by atoms with E-state index in [2.05, 4.69) is 5.32 Å². The Hall–Kier alpha value is 0.576. The summed E-state index contributed by atoms with van der Waals surface area (Å²) < 4.78 is 0. The molecule has 66 valence electrons. The van der Waals surface area contributed by atoms with Crippen molar-refractivity contribution in [3.05, 3.63) is 0 Å². The van der Waals surface area contributed by atoms with Crippen molar-refractivity contribution in [2.24, 2.45) is 5.92 Å². The van der Waals surface area contributed by atoms with Crippen LogP contribution in [0.1, 0.15) is 21.7 Å². The minimum atomic E-state index is -0.980. The molecule has 2 atom stereocenters. The third-order valence-electron chi connectivity index (χ3n) is 1.73. The summed E-state index contributed by atoms with van der Waals surface area (Å²) >= 11 is 0. The van der Waals surface area contributed by atoms with Gasteiger partial charge in [-0.3, -0.25) is 4.79 Å². The van der Waals surface area contributed by atoms with E-state index >= 15 is 0 Å². The van der Waals surface area contributed by atoms with E-state index in [-0.39, 0.29) is 58.7 Å². The SMILES string of the molecule is CC[C@H](C)[C@H](NC=O)C(=O)O.[H-].[K+]. The van der Waals surface area contributed by atoms with Crippen molar-refractivity contribution in [3.8, 4) is 0 Å². The van der Waals surface area contributed by atoms with Crippen molar-refractivity contribution < 1.29 is 67.5 Å². The van der Waals surface area contributed by atoms with E-state index in [1.54, 1.807) is 6.92 Å². The van der Waals surface area contributed by atoms with Crippen LogP contribution < -0.4 is 56.7 Å². The number of carboxylic acids is 1. The van der Waals surface area contributed by atoms with Gasteiger partial charge in [-0.1, -0.05) is 20.3 Å². The van der Waals surface area contributed by atoms with E-state index in [1.807, 2.05) is 6.92 Å². The predicted molar refractivity (Wildman–Crippen MR) is 41.2 cm³/mol. The van der Waals surface area contributed by atoms with Crippen LogP contribution in [0.4, 0.5) is 0 Å². The summed E-state index contributed by atoms with van der Waals surface area (Å²) in [5.41, 5.74) is 0. The zero-order chi connectivity index (χ0) is 8.85. The number of hydrogen-bond acceptors (Lipinski definition) is 2.